The first-order chi connectivity index (χ1) is 12.1. The maximum Gasteiger partial charge on any atom is 0.262 e. The van der Waals surface area contributed by atoms with E-state index in [0.29, 0.717) is 17.1 Å². The second-order valence-corrected chi connectivity index (χ2v) is 5.47. The number of ether oxygens (including phenoxy) is 2. The lowest BCUT2D eigenvalue weighted by Gasteiger charge is -2.15. The Hall–Kier alpha value is -3.00. The number of carbonyl (C=O) groups excluding carboxylic acids is 1. The van der Waals surface area contributed by atoms with E-state index in [1.54, 1.807) is 18.2 Å². The van der Waals surface area contributed by atoms with E-state index in [0.717, 1.165) is 29.7 Å². The van der Waals surface area contributed by atoms with Crippen LogP contribution in [0.1, 0.15) is 30.5 Å². The van der Waals surface area contributed by atoms with Crippen LogP contribution in [0.25, 0.3) is 0 Å². The number of hydrogen-bond acceptors (Lipinski definition) is 4. The number of benzene rings is 2. The van der Waals surface area contributed by atoms with Gasteiger partial charge in [0.05, 0.1) is 18.7 Å². The van der Waals surface area contributed by atoms with Crippen LogP contribution in [0.15, 0.2) is 36.4 Å². The van der Waals surface area contributed by atoms with Crippen molar-refractivity contribution in [3.8, 4) is 17.6 Å². The van der Waals surface area contributed by atoms with Gasteiger partial charge in [-0.3, -0.25) is 4.79 Å². The van der Waals surface area contributed by atoms with Gasteiger partial charge in [0.25, 0.3) is 5.91 Å². The van der Waals surface area contributed by atoms with Crippen LogP contribution in [-0.2, 0) is 17.6 Å². The van der Waals surface area contributed by atoms with Crippen LogP contribution < -0.4 is 14.8 Å². The molecule has 25 heavy (non-hydrogen) atoms. The van der Waals surface area contributed by atoms with Crippen LogP contribution in [0.2, 0.25) is 0 Å². The minimum absolute atomic E-state index is 0.135. The Balaban J connectivity index is 2.09. The maximum atomic E-state index is 12.3. The minimum atomic E-state index is -0.234. The lowest BCUT2D eigenvalue weighted by molar-refractivity contribution is -0.118. The normalized spacial score (nSPS) is 10.0. The van der Waals surface area contributed by atoms with E-state index in [1.165, 1.54) is 7.11 Å². The first-order valence-corrected chi connectivity index (χ1v) is 8.24. The molecule has 0 saturated carbocycles. The molecule has 0 heterocycles. The molecule has 0 aromatic heterocycles. The Labute approximate surface area is 148 Å². The average Bonchev–Trinajstić information content (AvgIpc) is 2.66. The number of rotatable bonds is 7. The Bertz CT molecular complexity index is 772. The summed E-state index contributed by atoms with van der Waals surface area (Å²) in [4.78, 5) is 12.3. The van der Waals surface area contributed by atoms with Gasteiger partial charge in [-0.1, -0.05) is 32.0 Å². The van der Waals surface area contributed by atoms with Crippen LogP contribution in [0.3, 0.4) is 0 Å². The third-order valence-electron chi connectivity index (χ3n) is 3.91. The van der Waals surface area contributed by atoms with Gasteiger partial charge in [0.1, 0.15) is 0 Å². The van der Waals surface area contributed by atoms with E-state index in [2.05, 4.69) is 19.2 Å². The van der Waals surface area contributed by atoms with Crippen molar-refractivity contribution in [2.75, 3.05) is 19.0 Å². The minimum Gasteiger partial charge on any atom is -0.493 e. The van der Waals surface area contributed by atoms with Gasteiger partial charge < -0.3 is 14.8 Å². The lowest BCUT2D eigenvalue weighted by atomic mass is 10.0. The second kappa shape index (κ2) is 8.74. The zero-order valence-corrected chi connectivity index (χ0v) is 14.8. The summed E-state index contributed by atoms with van der Waals surface area (Å²) < 4.78 is 10.8. The van der Waals surface area contributed by atoms with Crippen molar-refractivity contribution in [3.05, 3.63) is 53.1 Å². The highest BCUT2D eigenvalue weighted by atomic mass is 16.5. The van der Waals surface area contributed by atoms with Gasteiger partial charge in [0, 0.05) is 11.8 Å². The number of hydrogen-bond donors (Lipinski definition) is 1. The summed E-state index contributed by atoms with van der Waals surface area (Å²) in [5.41, 5.74) is 3.54. The summed E-state index contributed by atoms with van der Waals surface area (Å²) in [6.45, 7) is 3.98. The van der Waals surface area contributed by atoms with Crippen molar-refractivity contribution in [1.29, 1.82) is 5.26 Å². The molecule has 0 unspecified atom stereocenters. The largest absolute Gasteiger partial charge is 0.493 e. The number of amides is 1. The van der Waals surface area contributed by atoms with Crippen molar-refractivity contribution in [3.63, 3.8) is 0 Å². The molecule has 0 radical (unpaired) electrons. The first-order valence-electron chi connectivity index (χ1n) is 8.24. The highest BCUT2D eigenvalue weighted by molar-refractivity contribution is 5.93. The molecular formula is C20H22N2O3. The van der Waals surface area contributed by atoms with Gasteiger partial charge in [-0.2, -0.15) is 5.26 Å². The molecule has 130 valence electrons. The van der Waals surface area contributed by atoms with Crippen molar-refractivity contribution < 1.29 is 14.3 Å². The van der Waals surface area contributed by atoms with Crippen LogP contribution in [0.4, 0.5) is 5.69 Å². The standard InChI is InChI=1S/C20H22N2O3/c1-4-15-7-6-8-16(5-2)20(15)22-19(23)13-25-17-10-9-14(12-21)11-18(17)24-3/h6-11H,4-5,13H2,1-3H3,(H,22,23). The van der Waals surface area contributed by atoms with Gasteiger partial charge in [-0.15, -0.1) is 0 Å². The number of nitrogens with zero attached hydrogens (tertiary/aromatic N) is 1. The van der Waals surface area contributed by atoms with Gasteiger partial charge in [-0.25, -0.2) is 0 Å². The number of carbonyl (C=O) groups is 1. The van der Waals surface area contributed by atoms with E-state index in [1.807, 2.05) is 24.3 Å². The van der Waals surface area contributed by atoms with Crippen LogP contribution in [-0.4, -0.2) is 19.6 Å². The zero-order chi connectivity index (χ0) is 18.2. The quantitative estimate of drug-likeness (QED) is 0.835. The summed E-state index contributed by atoms with van der Waals surface area (Å²) in [6, 6.07) is 12.9. The molecule has 0 bridgehead atoms. The molecule has 2 aromatic rings. The van der Waals surface area contributed by atoms with E-state index in [4.69, 9.17) is 14.7 Å². The summed E-state index contributed by atoms with van der Waals surface area (Å²) in [6.07, 6.45) is 1.68. The fraction of sp³-hybridized carbons (Fsp3) is 0.300. The predicted molar refractivity (Wildman–Crippen MR) is 97.0 cm³/mol. The van der Waals surface area contributed by atoms with Crippen molar-refractivity contribution in [2.45, 2.75) is 26.7 Å². The second-order valence-electron chi connectivity index (χ2n) is 5.47. The zero-order valence-electron chi connectivity index (χ0n) is 14.8. The van der Waals surface area contributed by atoms with Crippen LogP contribution >= 0.6 is 0 Å². The molecule has 2 aromatic carbocycles. The van der Waals surface area contributed by atoms with Gasteiger partial charge in [-0.05, 0) is 36.1 Å². The average molecular weight is 338 g/mol. The number of nitrogens with one attached hydrogen (secondary N) is 1. The molecule has 5 heteroatoms. The van der Waals surface area contributed by atoms with E-state index in [9.17, 15) is 4.79 Å². The van der Waals surface area contributed by atoms with Gasteiger partial charge in [0.2, 0.25) is 0 Å². The SMILES string of the molecule is CCc1cccc(CC)c1NC(=O)COc1ccc(C#N)cc1OC. The van der Waals surface area contributed by atoms with Crippen molar-refractivity contribution in [1.82, 2.24) is 0 Å². The third kappa shape index (κ3) is 4.51. The van der Waals surface area contributed by atoms with Crippen LogP contribution in [0, 0.1) is 11.3 Å². The van der Waals surface area contributed by atoms with E-state index in [-0.39, 0.29) is 12.5 Å². The lowest BCUT2D eigenvalue weighted by Crippen LogP contribution is -2.22. The number of para-hydroxylation sites is 1. The Morgan fingerprint density at radius 1 is 1.12 bits per heavy atom. The molecule has 0 atom stereocenters. The Morgan fingerprint density at radius 2 is 1.80 bits per heavy atom. The molecule has 1 N–H and O–H groups in total. The summed E-state index contributed by atoms with van der Waals surface area (Å²) >= 11 is 0. The van der Waals surface area contributed by atoms with Crippen molar-refractivity contribution >= 4 is 11.6 Å². The fourth-order valence-electron chi connectivity index (χ4n) is 2.58. The third-order valence-corrected chi connectivity index (χ3v) is 3.91. The first kappa shape index (κ1) is 18.3. The summed E-state index contributed by atoms with van der Waals surface area (Å²) in [5.74, 6) is 0.619. The predicted octanol–water partition coefficient (Wildman–Crippen LogP) is 3.71. The van der Waals surface area contributed by atoms with Crippen LogP contribution in [0.5, 0.6) is 11.5 Å². The highest BCUT2D eigenvalue weighted by Gasteiger charge is 2.12. The molecule has 5 nitrogen and oxygen atoms in total. The number of anilines is 1. The number of aryl methyl sites for hydroxylation is 2. The Kier molecular flexibility index (Phi) is 6.41. The maximum absolute atomic E-state index is 12.3. The molecule has 1 amide bonds. The molecule has 0 aliphatic rings. The van der Waals surface area contributed by atoms with Gasteiger partial charge in [0.15, 0.2) is 18.1 Å². The summed E-state index contributed by atoms with van der Waals surface area (Å²) in [5, 5.41) is 11.9. The smallest absolute Gasteiger partial charge is 0.262 e. The molecule has 0 aliphatic heterocycles. The molecule has 0 spiro atoms. The van der Waals surface area contributed by atoms with Crippen molar-refractivity contribution in [2.24, 2.45) is 0 Å². The van der Waals surface area contributed by atoms with E-state index >= 15 is 0 Å². The topological polar surface area (TPSA) is 71.3 Å². The molecule has 0 saturated heterocycles. The summed E-state index contributed by atoms with van der Waals surface area (Å²) in [7, 11) is 1.49. The molecule has 0 aliphatic carbocycles. The molecule has 2 rings (SSSR count). The molecular weight excluding hydrogens is 316 g/mol. The number of methoxy groups -OCH3 is 1. The monoisotopic (exact) mass is 338 g/mol. The van der Waals surface area contributed by atoms with Gasteiger partial charge >= 0.3 is 0 Å². The van der Waals surface area contributed by atoms with E-state index < -0.39 is 0 Å². The Morgan fingerprint density at radius 3 is 2.36 bits per heavy atom. The number of nitriles is 1. The fourth-order valence-corrected chi connectivity index (χ4v) is 2.58. The molecule has 0 fully saturated rings. The highest BCUT2D eigenvalue weighted by Crippen LogP contribution is 2.28.